The van der Waals surface area contributed by atoms with Gasteiger partial charge in [-0.15, -0.1) is 5.11 Å². The van der Waals surface area contributed by atoms with Crippen LogP contribution in [0.2, 0.25) is 0 Å². The fraction of sp³-hybridized carbons (Fsp3) is 0.211. The molecule has 0 aliphatic rings. The van der Waals surface area contributed by atoms with Gasteiger partial charge in [0.2, 0.25) is 0 Å². The second kappa shape index (κ2) is 8.47. The summed E-state index contributed by atoms with van der Waals surface area (Å²) in [6.45, 7) is 3.59. The van der Waals surface area contributed by atoms with Crippen LogP contribution in [0, 0.1) is 27.2 Å². The predicted molar refractivity (Wildman–Crippen MR) is 106 cm³/mol. The standard InChI is InChI=1S/C19H16N4O7/c1-11-7-19(24)30-18-9-14(4-5-15(11)18)29-10-12(2)20-21-16-6-3-13(22(25)26)8-17(16)23(27)28/h3-9,12H,10H2,1-2H3. The average molecular weight is 412 g/mol. The molecule has 1 heterocycles. The SMILES string of the molecule is Cc1cc(=O)oc2cc(OCC(C)N=Nc3ccc([N+](=O)[O-])cc3[N+](=O)[O-])ccc12. The minimum absolute atomic E-state index is 0.0968. The summed E-state index contributed by atoms with van der Waals surface area (Å²) in [5, 5.41) is 30.5. The summed E-state index contributed by atoms with van der Waals surface area (Å²) in [5.74, 6) is 0.458. The van der Waals surface area contributed by atoms with Gasteiger partial charge in [0.15, 0.2) is 5.69 Å². The van der Waals surface area contributed by atoms with Crippen LogP contribution in [0.3, 0.4) is 0 Å². The number of nitrogens with zero attached hydrogens (tertiary/aromatic N) is 4. The van der Waals surface area contributed by atoms with E-state index in [1.165, 1.54) is 12.1 Å². The van der Waals surface area contributed by atoms with Crippen molar-refractivity contribution in [3.8, 4) is 5.75 Å². The molecule has 0 saturated heterocycles. The average Bonchev–Trinajstić information content (AvgIpc) is 2.69. The maximum atomic E-state index is 11.5. The maximum Gasteiger partial charge on any atom is 0.336 e. The van der Waals surface area contributed by atoms with Crippen LogP contribution in [0.5, 0.6) is 5.75 Å². The summed E-state index contributed by atoms with van der Waals surface area (Å²) in [7, 11) is 0. The monoisotopic (exact) mass is 412 g/mol. The highest BCUT2D eigenvalue weighted by molar-refractivity contribution is 5.81. The van der Waals surface area contributed by atoms with Crippen LogP contribution in [0.1, 0.15) is 12.5 Å². The van der Waals surface area contributed by atoms with Gasteiger partial charge in [-0.2, -0.15) is 5.11 Å². The molecule has 0 spiro atoms. The lowest BCUT2D eigenvalue weighted by atomic mass is 10.1. The van der Waals surface area contributed by atoms with Gasteiger partial charge in [-0.3, -0.25) is 20.2 Å². The molecule has 1 aromatic heterocycles. The van der Waals surface area contributed by atoms with Gasteiger partial charge < -0.3 is 9.15 Å². The van der Waals surface area contributed by atoms with E-state index in [-0.39, 0.29) is 12.3 Å². The molecular weight excluding hydrogens is 396 g/mol. The molecule has 0 aliphatic carbocycles. The number of fused-ring (bicyclic) bond motifs is 1. The van der Waals surface area contributed by atoms with E-state index in [0.29, 0.717) is 11.3 Å². The van der Waals surface area contributed by atoms with Crippen LogP contribution in [0.25, 0.3) is 11.0 Å². The summed E-state index contributed by atoms with van der Waals surface area (Å²) in [5.41, 5.74) is -0.284. The molecule has 154 valence electrons. The number of non-ortho nitro benzene ring substituents is 1. The Morgan fingerprint density at radius 2 is 1.87 bits per heavy atom. The van der Waals surface area contributed by atoms with Gasteiger partial charge in [0.1, 0.15) is 24.0 Å². The maximum absolute atomic E-state index is 11.5. The minimum Gasteiger partial charge on any atom is -0.491 e. The number of nitro benzene ring substituents is 2. The Labute approximate surface area is 168 Å². The summed E-state index contributed by atoms with van der Waals surface area (Å²) < 4.78 is 10.8. The van der Waals surface area contributed by atoms with E-state index in [2.05, 4.69) is 10.2 Å². The highest BCUT2D eigenvalue weighted by Gasteiger charge is 2.19. The van der Waals surface area contributed by atoms with E-state index in [9.17, 15) is 25.0 Å². The number of aryl methyl sites for hydroxylation is 1. The number of hydrogen-bond acceptors (Lipinski definition) is 9. The van der Waals surface area contributed by atoms with Crippen LogP contribution >= 0.6 is 0 Å². The first-order valence-corrected chi connectivity index (χ1v) is 8.75. The van der Waals surface area contributed by atoms with Crippen molar-refractivity contribution in [1.29, 1.82) is 0 Å². The molecule has 3 rings (SSSR count). The van der Waals surface area contributed by atoms with Crippen molar-refractivity contribution in [3.63, 3.8) is 0 Å². The third kappa shape index (κ3) is 4.63. The van der Waals surface area contributed by atoms with Gasteiger partial charge in [-0.25, -0.2) is 4.79 Å². The van der Waals surface area contributed by atoms with Crippen molar-refractivity contribution in [2.75, 3.05) is 6.61 Å². The van der Waals surface area contributed by atoms with Crippen molar-refractivity contribution in [3.05, 3.63) is 78.7 Å². The second-order valence-electron chi connectivity index (χ2n) is 6.47. The summed E-state index contributed by atoms with van der Waals surface area (Å²) in [6, 6.07) is 9.14. The van der Waals surface area contributed by atoms with Crippen LogP contribution in [-0.4, -0.2) is 22.5 Å². The molecule has 0 amide bonds. The van der Waals surface area contributed by atoms with E-state index < -0.39 is 32.9 Å². The number of azo groups is 1. The minimum atomic E-state index is -0.757. The number of benzene rings is 2. The zero-order chi connectivity index (χ0) is 21.8. The highest BCUT2D eigenvalue weighted by Crippen LogP contribution is 2.31. The molecule has 30 heavy (non-hydrogen) atoms. The van der Waals surface area contributed by atoms with Crippen molar-refractivity contribution in [2.24, 2.45) is 10.2 Å². The first-order valence-electron chi connectivity index (χ1n) is 8.75. The van der Waals surface area contributed by atoms with Gasteiger partial charge >= 0.3 is 11.3 Å². The first-order chi connectivity index (χ1) is 14.2. The number of rotatable bonds is 7. The van der Waals surface area contributed by atoms with Crippen LogP contribution in [-0.2, 0) is 0 Å². The summed E-state index contributed by atoms with van der Waals surface area (Å²) in [4.78, 5) is 31.9. The molecule has 3 aromatic rings. The topological polar surface area (TPSA) is 150 Å². The molecule has 1 unspecified atom stereocenters. The molecule has 11 nitrogen and oxygen atoms in total. The first kappa shape index (κ1) is 20.6. The molecule has 0 fully saturated rings. The quantitative estimate of drug-likeness (QED) is 0.240. The Balaban J connectivity index is 1.71. The lowest BCUT2D eigenvalue weighted by Gasteiger charge is -2.09. The van der Waals surface area contributed by atoms with Crippen LogP contribution in [0.15, 0.2) is 61.9 Å². The van der Waals surface area contributed by atoms with Crippen LogP contribution in [0.4, 0.5) is 17.1 Å². The molecule has 0 saturated carbocycles. The number of ether oxygens (including phenoxy) is 1. The summed E-state index contributed by atoms with van der Waals surface area (Å²) in [6.07, 6.45) is 0. The third-order valence-electron chi connectivity index (χ3n) is 4.14. The molecule has 0 N–H and O–H groups in total. The Bertz CT molecular complexity index is 1220. The molecule has 0 aliphatic heterocycles. The van der Waals surface area contributed by atoms with Crippen molar-refractivity contribution < 1.29 is 19.0 Å². The van der Waals surface area contributed by atoms with Crippen molar-refractivity contribution in [2.45, 2.75) is 19.9 Å². The summed E-state index contributed by atoms with van der Waals surface area (Å²) >= 11 is 0. The zero-order valence-corrected chi connectivity index (χ0v) is 16.0. The van der Waals surface area contributed by atoms with Crippen molar-refractivity contribution >= 4 is 28.0 Å². The smallest absolute Gasteiger partial charge is 0.336 e. The molecule has 2 aromatic carbocycles. The largest absolute Gasteiger partial charge is 0.491 e. The fourth-order valence-electron chi connectivity index (χ4n) is 2.66. The zero-order valence-electron chi connectivity index (χ0n) is 16.0. The van der Waals surface area contributed by atoms with E-state index in [4.69, 9.17) is 9.15 Å². The predicted octanol–water partition coefficient (Wildman–Crippen LogP) is 4.47. The lowest BCUT2D eigenvalue weighted by molar-refractivity contribution is -0.393. The molecule has 1 atom stereocenters. The van der Waals surface area contributed by atoms with Gasteiger partial charge in [0.05, 0.1) is 15.9 Å². The number of hydrogen-bond donors (Lipinski definition) is 0. The van der Waals surface area contributed by atoms with E-state index in [1.807, 2.05) is 0 Å². The van der Waals surface area contributed by atoms with Gasteiger partial charge in [0, 0.05) is 23.6 Å². The molecule has 0 radical (unpaired) electrons. The van der Waals surface area contributed by atoms with Crippen LogP contribution < -0.4 is 10.4 Å². The Morgan fingerprint density at radius 1 is 1.10 bits per heavy atom. The van der Waals surface area contributed by atoms with E-state index in [1.54, 1.807) is 32.0 Å². The Morgan fingerprint density at radius 3 is 2.57 bits per heavy atom. The van der Waals surface area contributed by atoms with Gasteiger partial charge in [-0.1, -0.05) is 0 Å². The fourth-order valence-corrected chi connectivity index (χ4v) is 2.66. The van der Waals surface area contributed by atoms with E-state index in [0.717, 1.165) is 23.1 Å². The second-order valence-corrected chi connectivity index (χ2v) is 6.47. The molecule has 11 heteroatoms. The van der Waals surface area contributed by atoms with Gasteiger partial charge in [-0.05, 0) is 37.6 Å². The van der Waals surface area contributed by atoms with Crippen molar-refractivity contribution in [1.82, 2.24) is 0 Å². The number of nitro groups is 2. The molecule has 0 bridgehead atoms. The van der Waals surface area contributed by atoms with Gasteiger partial charge in [0.25, 0.3) is 5.69 Å². The third-order valence-corrected chi connectivity index (χ3v) is 4.14. The molecular formula is C19H16N4O7. The highest BCUT2D eigenvalue weighted by atomic mass is 16.6. The van der Waals surface area contributed by atoms with E-state index >= 15 is 0 Å². The Hall–Kier alpha value is -4.15. The Kier molecular flexibility index (Phi) is 5.81. The lowest BCUT2D eigenvalue weighted by Crippen LogP contribution is -2.11. The normalized spacial score (nSPS) is 12.2.